The largest absolute Gasteiger partial charge is 0.339 e. The van der Waals surface area contributed by atoms with Gasteiger partial charge in [0.25, 0.3) is 5.91 Å². The molecule has 2 aliphatic heterocycles. The zero-order valence-electron chi connectivity index (χ0n) is 14.5. The number of likely N-dealkylation sites (tertiary alicyclic amines) is 2. The fraction of sp³-hybridized carbons (Fsp3) is 0.650. The Kier molecular flexibility index (Phi) is 5.71. The summed E-state index contributed by atoms with van der Waals surface area (Å²) in [6.45, 7) is 7.56. The van der Waals surface area contributed by atoms with E-state index >= 15 is 0 Å². The van der Waals surface area contributed by atoms with Gasteiger partial charge in [0.1, 0.15) is 0 Å². The molecule has 3 rings (SSSR count). The number of nitrogens with zero attached hydrogens (tertiary/aromatic N) is 2. The lowest BCUT2D eigenvalue weighted by Crippen LogP contribution is -2.37. The van der Waals surface area contributed by atoms with Gasteiger partial charge in [-0.2, -0.15) is 0 Å². The van der Waals surface area contributed by atoms with Crippen molar-refractivity contribution >= 4 is 5.91 Å². The summed E-state index contributed by atoms with van der Waals surface area (Å²) in [4.78, 5) is 17.1. The number of hydrogen-bond acceptors (Lipinski definition) is 2. The number of hydrogen-bond donors (Lipinski definition) is 0. The summed E-state index contributed by atoms with van der Waals surface area (Å²) < 4.78 is 0. The predicted molar refractivity (Wildman–Crippen MR) is 94.5 cm³/mol. The van der Waals surface area contributed by atoms with Crippen LogP contribution in [0.4, 0.5) is 0 Å². The van der Waals surface area contributed by atoms with Crippen molar-refractivity contribution in [1.82, 2.24) is 9.80 Å². The van der Waals surface area contributed by atoms with Gasteiger partial charge in [0.15, 0.2) is 0 Å². The molecule has 0 radical (unpaired) electrons. The van der Waals surface area contributed by atoms with Gasteiger partial charge in [-0.15, -0.1) is 0 Å². The molecule has 0 aromatic heterocycles. The van der Waals surface area contributed by atoms with Crippen molar-refractivity contribution in [2.45, 2.75) is 52.0 Å². The topological polar surface area (TPSA) is 23.6 Å². The standard InChI is InChI=1S/C20H30N2O/c1-17-10-14-22(15-11-17)20(23)19-8-6-18(7-9-19)16-21-12-4-2-3-5-13-21/h6-9,17H,2-5,10-16H2,1H3. The molecule has 0 unspecified atom stereocenters. The lowest BCUT2D eigenvalue weighted by molar-refractivity contribution is 0.0697. The van der Waals surface area contributed by atoms with Crippen molar-refractivity contribution < 1.29 is 4.79 Å². The normalized spacial score (nSPS) is 21.2. The first-order valence-electron chi connectivity index (χ1n) is 9.33. The van der Waals surface area contributed by atoms with Crippen LogP contribution >= 0.6 is 0 Å². The highest BCUT2D eigenvalue weighted by molar-refractivity contribution is 5.94. The lowest BCUT2D eigenvalue weighted by atomic mass is 9.98. The minimum Gasteiger partial charge on any atom is -0.339 e. The lowest BCUT2D eigenvalue weighted by Gasteiger charge is -2.30. The van der Waals surface area contributed by atoms with Crippen molar-refractivity contribution in [3.05, 3.63) is 35.4 Å². The Balaban J connectivity index is 1.56. The molecule has 1 aromatic rings. The van der Waals surface area contributed by atoms with Crippen molar-refractivity contribution in [1.29, 1.82) is 0 Å². The highest BCUT2D eigenvalue weighted by Crippen LogP contribution is 2.19. The molecule has 3 nitrogen and oxygen atoms in total. The van der Waals surface area contributed by atoms with Crippen LogP contribution in [0.3, 0.4) is 0 Å². The summed E-state index contributed by atoms with van der Waals surface area (Å²) in [7, 11) is 0. The first-order chi connectivity index (χ1) is 11.2. The molecule has 0 saturated carbocycles. The van der Waals surface area contributed by atoms with Crippen LogP contribution in [-0.2, 0) is 6.54 Å². The number of carbonyl (C=O) groups is 1. The first kappa shape index (κ1) is 16.5. The molecule has 0 atom stereocenters. The van der Waals surface area contributed by atoms with Gasteiger partial charge in [0.2, 0.25) is 0 Å². The highest BCUT2D eigenvalue weighted by atomic mass is 16.2. The molecular formula is C20H30N2O. The molecule has 2 aliphatic rings. The summed E-state index contributed by atoms with van der Waals surface area (Å²) in [5, 5.41) is 0. The summed E-state index contributed by atoms with van der Waals surface area (Å²) in [5.41, 5.74) is 2.18. The number of carbonyl (C=O) groups excluding carboxylic acids is 1. The van der Waals surface area contributed by atoms with Crippen LogP contribution in [0.15, 0.2) is 24.3 Å². The van der Waals surface area contributed by atoms with E-state index in [0.29, 0.717) is 0 Å². The maximum absolute atomic E-state index is 12.6. The van der Waals surface area contributed by atoms with Crippen LogP contribution in [-0.4, -0.2) is 41.9 Å². The van der Waals surface area contributed by atoms with Crippen molar-refractivity contribution in [2.75, 3.05) is 26.2 Å². The van der Waals surface area contributed by atoms with Crippen molar-refractivity contribution in [3.63, 3.8) is 0 Å². The van der Waals surface area contributed by atoms with Crippen LogP contribution in [0, 0.1) is 5.92 Å². The Morgan fingerprint density at radius 1 is 0.957 bits per heavy atom. The smallest absolute Gasteiger partial charge is 0.253 e. The maximum atomic E-state index is 12.6. The Bertz CT molecular complexity index is 495. The Morgan fingerprint density at radius 3 is 2.17 bits per heavy atom. The van der Waals surface area contributed by atoms with Gasteiger partial charge in [-0.1, -0.05) is 31.9 Å². The number of piperidine rings is 1. The van der Waals surface area contributed by atoms with Crippen molar-refractivity contribution in [3.8, 4) is 0 Å². The molecule has 3 heteroatoms. The average molecular weight is 314 g/mol. The third-order valence-electron chi connectivity index (χ3n) is 5.38. The fourth-order valence-corrected chi connectivity index (χ4v) is 3.70. The molecule has 2 fully saturated rings. The zero-order chi connectivity index (χ0) is 16.1. The van der Waals surface area contributed by atoms with Crippen molar-refractivity contribution in [2.24, 2.45) is 5.92 Å². The van der Waals surface area contributed by atoms with E-state index in [4.69, 9.17) is 0 Å². The van der Waals surface area contributed by atoms with Gasteiger partial charge in [0, 0.05) is 25.2 Å². The van der Waals surface area contributed by atoms with Crippen LogP contribution in [0.1, 0.15) is 61.4 Å². The summed E-state index contributed by atoms with van der Waals surface area (Å²) in [6.07, 6.45) is 7.67. The van der Waals surface area contributed by atoms with E-state index in [2.05, 4.69) is 24.0 Å². The molecule has 1 amide bonds. The summed E-state index contributed by atoms with van der Waals surface area (Å²) in [6, 6.07) is 8.33. The van der Waals surface area contributed by atoms with Crippen LogP contribution in [0.2, 0.25) is 0 Å². The molecule has 2 heterocycles. The quantitative estimate of drug-likeness (QED) is 0.844. The van der Waals surface area contributed by atoms with Gasteiger partial charge in [-0.05, 0) is 62.4 Å². The minimum atomic E-state index is 0.207. The predicted octanol–water partition coefficient (Wildman–Crippen LogP) is 3.93. The van der Waals surface area contributed by atoms with Crippen LogP contribution in [0.25, 0.3) is 0 Å². The highest BCUT2D eigenvalue weighted by Gasteiger charge is 2.21. The minimum absolute atomic E-state index is 0.207. The van der Waals surface area contributed by atoms with E-state index in [1.54, 1.807) is 0 Å². The average Bonchev–Trinajstić information content (AvgIpc) is 2.84. The molecule has 0 aliphatic carbocycles. The van der Waals surface area contributed by atoms with Crippen LogP contribution < -0.4 is 0 Å². The van der Waals surface area contributed by atoms with Gasteiger partial charge in [-0.25, -0.2) is 0 Å². The van der Waals surface area contributed by atoms with E-state index in [1.807, 2.05) is 17.0 Å². The molecule has 2 saturated heterocycles. The second-order valence-electron chi connectivity index (χ2n) is 7.36. The second kappa shape index (κ2) is 7.96. The number of rotatable bonds is 3. The fourth-order valence-electron chi connectivity index (χ4n) is 3.70. The maximum Gasteiger partial charge on any atom is 0.253 e. The van der Waals surface area contributed by atoms with E-state index in [1.165, 1.54) is 44.3 Å². The Labute approximate surface area is 140 Å². The summed E-state index contributed by atoms with van der Waals surface area (Å²) in [5.74, 6) is 0.966. The third kappa shape index (κ3) is 4.57. The van der Waals surface area contributed by atoms with E-state index in [9.17, 15) is 4.79 Å². The van der Waals surface area contributed by atoms with E-state index < -0.39 is 0 Å². The molecular weight excluding hydrogens is 284 g/mol. The SMILES string of the molecule is CC1CCN(C(=O)c2ccc(CN3CCCCCC3)cc2)CC1. The molecule has 126 valence electrons. The Hall–Kier alpha value is -1.35. The molecule has 0 spiro atoms. The number of benzene rings is 1. The van der Waals surface area contributed by atoms with Crippen LogP contribution in [0.5, 0.6) is 0 Å². The zero-order valence-corrected chi connectivity index (χ0v) is 14.5. The molecule has 0 bridgehead atoms. The van der Waals surface area contributed by atoms with Gasteiger partial charge < -0.3 is 4.90 Å². The third-order valence-corrected chi connectivity index (χ3v) is 5.38. The van der Waals surface area contributed by atoms with Gasteiger partial charge in [0.05, 0.1) is 0 Å². The molecule has 0 N–H and O–H groups in total. The Morgan fingerprint density at radius 2 is 1.57 bits per heavy atom. The van der Waals surface area contributed by atoms with Gasteiger partial charge >= 0.3 is 0 Å². The molecule has 23 heavy (non-hydrogen) atoms. The number of amides is 1. The van der Waals surface area contributed by atoms with E-state index in [0.717, 1.165) is 44.0 Å². The second-order valence-corrected chi connectivity index (χ2v) is 7.36. The van der Waals surface area contributed by atoms with E-state index in [-0.39, 0.29) is 5.91 Å². The monoisotopic (exact) mass is 314 g/mol. The first-order valence-corrected chi connectivity index (χ1v) is 9.33. The molecule has 1 aromatic carbocycles. The van der Waals surface area contributed by atoms with Gasteiger partial charge in [-0.3, -0.25) is 9.69 Å². The summed E-state index contributed by atoms with van der Waals surface area (Å²) >= 11 is 0.